The first kappa shape index (κ1) is 18.6. The van der Waals surface area contributed by atoms with Crippen LogP contribution in [0.25, 0.3) is 0 Å². The van der Waals surface area contributed by atoms with Gasteiger partial charge in [-0.3, -0.25) is 0 Å². The number of likely N-dealkylation sites (tertiary alicyclic amines) is 1. The Morgan fingerprint density at radius 3 is 2.48 bits per heavy atom. The van der Waals surface area contributed by atoms with Crippen LogP contribution in [0.5, 0.6) is 0 Å². The molecule has 1 amide bonds. The van der Waals surface area contributed by atoms with E-state index in [0.29, 0.717) is 11.5 Å². The van der Waals surface area contributed by atoms with E-state index >= 15 is 0 Å². The molecule has 1 aliphatic heterocycles. The number of rotatable bonds is 4. The number of carbonyl (C=O) groups excluding carboxylic acids is 1. The predicted octanol–water partition coefficient (Wildman–Crippen LogP) is 4.19. The van der Waals surface area contributed by atoms with E-state index in [1.807, 2.05) is 25.7 Å². The first-order valence-corrected chi connectivity index (χ1v) is 9.44. The maximum atomic E-state index is 12.2. The quantitative estimate of drug-likeness (QED) is 0.843. The van der Waals surface area contributed by atoms with Crippen molar-refractivity contribution in [3.05, 3.63) is 0 Å². The second kappa shape index (κ2) is 7.42. The zero-order valence-electron chi connectivity index (χ0n) is 15.8. The summed E-state index contributed by atoms with van der Waals surface area (Å²) in [5, 5.41) is 3.84. The van der Waals surface area contributed by atoms with E-state index in [4.69, 9.17) is 4.74 Å². The maximum absolute atomic E-state index is 12.2. The monoisotopic (exact) mass is 324 g/mol. The van der Waals surface area contributed by atoms with Gasteiger partial charge in [-0.05, 0) is 57.8 Å². The summed E-state index contributed by atoms with van der Waals surface area (Å²) in [5.74, 6) is 0.862. The first-order valence-electron chi connectivity index (χ1n) is 9.44. The molecule has 1 heterocycles. The van der Waals surface area contributed by atoms with E-state index in [2.05, 4.69) is 19.2 Å². The minimum atomic E-state index is -0.406. The van der Waals surface area contributed by atoms with Crippen LogP contribution >= 0.6 is 0 Å². The van der Waals surface area contributed by atoms with E-state index < -0.39 is 5.60 Å². The number of carbonyl (C=O) groups is 1. The molecular weight excluding hydrogens is 288 g/mol. The summed E-state index contributed by atoms with van der Waals surface area (Å²) < 4.78 is 5.49. The highest BCUT2D eigenvalue weighted by Gasteiger charge is 2.35. The van der Waals surface area contributed by atoms with Crippen molar-refractivity contribution in [3.63, 3.8) is 0 Å². The van der Waals surface area contributed by atoms with Gasteiger partial charge in [0, 0.05) is 25.7 Å². The van der Waals surface area contributed by atoms with Crippen LogP contribution in [0.15, 0.2) is 0 Å². The molecule has 0 aromatic heterocycles. The van der Waals surface area contributed by atoms with Crippen LogP contribution in [-0.4, -0.2) is 42.3 Å². The number of hydrogen-bond acceptors (Lipinski definition) is 3. The highest BCUT2D eigenvalue weighted by molar-refractivity contribution is 5.68. The molecule has 0 aromatic rings. The number of nitrogens with zero attached hydrogens (tertiary/aromatic N) is 1. The molecule has 1 aliphatic carbocycles. The Hall–Kier alpha value is -0.770. The number of ether oxygens (including phenoxy) is 1. The van der Waals surface area contributed by atoms with E-state index in [1.165, 1.54) is 25.7 Å². The van der Waals surface area contributed by atoms with Crippen molar-refractivity contribution >= 4 is 6.09 Å². The first-order chi connectivity index (χ1) is 10.7. The van der Waals surface area contributed by atoms with Crippen molar-refractivity contribution in [2.24, 2.45) is 11.3 Å². The van der Waals surface area contributed by atoms with E-state index in [9.17, 15) is 4.79 Å². The minimum absolute atomic E-state index is 0.158. The lowest BCUT2D eigenvalue weighted by atomic mass is 9.80. The SMILES string of the molecule is CCC1CCCC1NCC1(C)CCN(C(=O)OC(C)(C)C)CC1. The van der Waals surface area contributed by atoms with Gasteiger partial charge in [0.15, 0.2) is 0 Å². The van der Waals surface area contributed by atoms with Gasteiger partial charge in [0.05, 0.1) is 0 Å². The average Bonchev–Trinajstić information content (AvgIpc) is 2.91. The molecule has 2 unspecified atom stereocenters. The Kier molecular flexibility index (Phi) is 5.99. The van der Waals surface area contributed by atoms with E-state index in [1.54, 1.807) is 0 Å². The lowest BCUT2D eigenvalue weighted by Gasteiger charge is -2.40. The molecule has 2 atom stereocenters. The molecule has 2 fully saturated rings. The summed E-state index contributed by atoms with van der Waals surface area (Å²) >= 11 is 0. The molecule has 0 bridgehead atoms. The summed E-state index contributed by atoms with van der Waals surface area (Å²) in [6.45, 7) is 13.2. The number of piperidine rings is 1. The van der Waals surface area contributed by atoms with Gasteiger partial charge in [0.2, 0.25) is 0 Å². The molecule has 2 aliphatic rings. The molecular formula is C19H36N2O2. The second-order valence-electron chi connectivity index (χ2n) is 8.86. The summed E-state index contributed by atoms with van der Waals surface area (Å²) in [6, 6.07) is 0.709. The fourth-order valence-corrected chi connectivity index (χ4v) is 3.90. The van der Waals surface area contributed by atoms with Crippen LogP contribution in [0, 0.1) is 11.3 Å². The van der Waals surface area contributed by atoms with Crippen LogP contribution in [0.2, 0.25) is 0 Å². The second-order valence-corrected chi connectivity index (χ2v) is 8.86. The molecule has 0 spiro atoms. The van der Waals surface area contributed by atoms with Crippen LogP contribution in [0.4, 0.5) is 4.79 Å². The lowest BCUT2D eigenvalue weighted by molar-refractivity contribution is 0.0116. The molecule has 4 nitrogen and oxygen atoms in total. The predicted molar refractivity (Wildman–Crippen MR) is 94.6 cm³/mol. The third kappa shape index (κ3) is 5.37. The Morgan fingerprint density at radius 2 is 1.91 bits per heavy atom. The smallest absolute Gasteiger partial charge is 0.410 e. The fraction of sp³-hybridized carbons (Fsp3) is 0.947. The highest BCUT2D eigenvalue weighted by Crippen LogP contribution is 2.33. The molecule has 134 valence electrons. The van der Waals surface area contributed by atoms with Gasteiger partial charge in [0.25, 0.3) is 0 Å². The summed E-state index contributed by atoms with van der Waals surface area (Å²) in [4.78, 5) is 14.0. The van der Waals surface area contributed by atoms with Crippen LogP contribution in [-0.2, 0) is 4.74 Å². The van der Waals surface area contributed by atoms with Crippen LogP contribution in [0.3, 0.4) is 0 Å². The summed E-state index contributed by atoms with van der Waals surface area (Å²) in [6.07, 6.45) is 7.34. The van der Waals surface area contributed by atoms with Crippen molar-refractivity contribution in [2.45, 2.75) is 84.8 Å². The van der Waals surface area contributed by atoms with Crippen LogP contribution in [0.1, 0.15) is 73.1 Å². The van der Waals surface area contributed by atoms with E-state index in [-0.39, 0.29) is 6.09 Å². The molecule has 2 rings (SSSR count). The Balaban J connectivity index is 1.77. The Morgan fingerprint density at radius 1 is 1.26 bits per heavy atom. The number of nitrogens with one attached hydrogen (secondary N) is 1. The minimum Gasteiger partial charge on any atom is -0.444 e. The Bertz CT molecular complexity index is 395. The fourth-order valence-electron chi connectivity index (χ4n) is 3.90. The largest absolute Gasteiger partial charge is 0.444 e. The van der Waals surface area contributed by atoms with Gasteiger partial charge in [-0.1, -0.05) is 26.7 Å². The van der Waals surface area contributed by atoms with Crippen molar-refractivity contribution in [2.75, 3.05) is 19.6 Å². The van der Waals surface area contributed by atoms with Gasteiger partial charge in [-0.25, -0.2) is 4.79 Å². The molecule has 1 saturated carbocycles. The van der Waals surface area contributed by atoms with Crippen molar-refractivity contribution in [3.8, 4) is 0 Å². The third-order valence-corrected chi connectivity index (χ3v) is 5.60. The van der Waals surface area contributed by atoms with Gasteiger partial charge in [0.1, 0.15) is 5.60 Å². The summed E-state index contributed by atoms with van der Waals surface area (Å²) in [7, 11) is 0. The van der Waals surface area contributed by atoms with Crippen molar-refractivity contribution in [1.82, 2.24) is 10.2 Å². The van der Waals surface area contributed by atoms with Gasteiger partial charge < -0.3 is 15.0 Å². The van der Waals surface area contributed by atoms with Crippen molar-refractivity contribution in [1.29, 1.82) is 0 Å². The van der Waals surface area contributed by atoms with Gasteiger partial charge >= 0.3 is 6.09 Å². The Labute approximate surface area is 142 Å². The molecule has 4 heteroatoms. The van der Waals surface area contributed by atoms with Gasteiger partial charge in [-0.2, -0.15) is 0 Å². The van der Waals surface area contributed by atoms with Crippen LogP contribution < -0.4 is 5.32 Å². The molecule has 0 radical (unpaired) electrons. The topological polar surface area (TPSA) is 41.6 Å². The standard InChI is InChI=1S/C19H36N2O2/c1-6-15-8-7-9-16(15)20-14-19(5)10-12-21(13-11-19)17(22)23-18(2,3)4/h15-16,20H,6-14H2,1-5H3. The lowest BCUT2D eigenvalue weighted by Crippen LogP contribution is -2.48. The molecule has 1 saturated heterocycles. The van der Waals surface area contributed by atoms with Crippen molar-refractivity contribution < 1.29 is 9.53 Å². The normalized spacial score (nSPS) is 28.0. The van der Waals surface area contributed by atoms with E-state index in [0.717, 1.165) is 38.4 Å². The van der Waals surface area contributed by atoms with Gasteiger partial charge in [-0.15, -0.1) is 0 Å². The number of hydrogen-bond donors (Lipinski definition) is 1. The third-order valence-electron chi connectivity index (χ3n) is 5.60. The zero-order valence-corrected chi connectivity index (χ0v) is 15.8. The number of amides is 1. The highest BCUT2D eigenvalue weighted by atomic mass is 16.6. The average molecular weight is 325 g/mol. The summed E-state index contributed by atoms with van der Waals surface area (Å²) in [5.41, 5.74) is -0.101. The molecule has 0 aromatic carbocycles. The maximum Gasteiger partial charge on any atom is 0.410 e. The molecule has 23 heavy (non-hydrogen) atoms. The molecule has 1 N–H and O–H groups in total. The zero-order chi connectivity index (χ0) is 17.1.